The van der Waals surface area contributed by atoms with E-state index in [0.29, 0.717) is 12.0 Å². The normalized spacial score (nSPS) is 11.6. The molecule has 1 unspecified atom stereocenters. The number of nitriles is 1. The van der Waals surface area contributed by atoms with Gasteiger partial charge in [-0.05, 0) is 18.9 Å². The van der Waals surface area contributed by atoms with E-state index in [-0.39, 0.29) is 11.4 Å². The lowest BCUT2D eigenvalue weighted by Crippen LogP contribution is -2.14. The van der Waals surface area contributed by atoms with Gasteiger partial charge < -0.3 is 4.74 Å². The van der Waals surface area contributed by atoms with Gasteiger partial charge in [0.15, 0.2) is 6.10 Å². The number of nitro benzene ring substituents is 1. The average molecular weight is 220 g/mol. The number of benzene rings is 1. The molecule has 1 atom stereocenters. The van der Waals surface area contributed by atoms with E-state index in [2.05, 4.69) is 0 Å². The summed E-state index contributed by atoms with van der Waals surface area (Å²) in [7, 11) is 0. The standard InChI is InChI=1S/C11H12N2O3/c1-3-9(7-12)16-11-8(2)5-4-6-10(11)13(14)15/h4-6,9H,3H2,1-2H3. The zero-order chi connectivity index (χ0) is 12.1. The van der Waals surface area contributed by atoms with Crippen molar-refractivity contribution in [2.75, 3.05) is 0 Å². The lowest BCUT2D eigenvalue weighted by molar-refractivity contribution is -0.386. The molecule has 0 spiro atoms. The molecule has 0 bridgehead atoms. The zero-order valence-corrected chi connectivity index (χ0v) is 9.14. The molecule has 1 aromatic rings. The van der Waals surface area contributed by atoms with Gasteiger partial charge in [-0.1, -0.05) is 19.1 Å². The van der Waals surface area contributed by atoms with Crippen LogP contribution in [0, 0.1) is 28.4 Å². The molecule has 0 heterocycles. The third-order valence-electron chi connectivity index (χ3n) is 2.16. The van der Waals surface area contributed by atoms with Gasteiger partial charge in [0.05, 0.1) is 4.92 Å². The number of nitro groups is 1. The van der Waals surface area contributed by atoms with Gasteiger partial charge in [-0.3, -0.25) is 10.1 Å². The summed E-state index contributed by atoms with van der Waals surface area (Å²) >= 11 is 0. The van der Waals surface area contributed by atoms with Gasteiger partial charge >= 0.3 is 5.69 Å². The van der Waals surface area contributed by atoms with Crippen LogP contribution in [0.15, 0.2) is 18.2 Å². The minimum atomic E-state index is -0.653. The Balaban J connectivity index is 3.11. The molecule has 5 heteroatoms. The number of hydrogen-bond acceptors (Lipinski definition) is 4. The molecule has 1 aromatic carbocycles. The minimum absolute atomic E-state index is 0.103. The van der Waals surface area contributed by atoms with Crippen LogP contribution in [-0.4, -0.2) is 11.0 Å². The largest absolute Gasteiger partial charge is 0.468 e. The fraction of sp³-hybridized carbons (Fsp3) is 0.364. The van der Waals surface area contributed by atoms with Gasteiger partial charge in [-0.2, -0.15) is 5.26 Å². The van der Waals surface area contributed by atoms with Crippen LogP contribution in [0.4, 0.5) is 5.69 Å². The molecule has 5 nitrogen and oxygen atoms in total. The first-order valence-electron chi connectivity index (χ1n) is 4.90. The van der Waals surface area contributed by atoms with Crippen LogP contribution in [0.3, 0.4) is 0 Å². The molecule has 0 fully saturated rings. The van der Waals surface area contributed by atoms with Gasteiger partial charge in [0.25, 0.3) is 0 Å². The van der Waals surface area contributed by atoms with E-state index in [0.717, 1.165) is 0 Å². The number of nitrogens with zero attached hydrogens (tertiary/aromatic N) is 2. The highest BCUT2D eigenvalue weighted by Gasteiger charge is 2.19. The second-order valence-electron chi connectivity index (χ2n) is 3.32. The number of aryl methyl sites for hydroxylation is 1. The second-order valence-corrected chi connectivity index (χ2v) is 3.32. The molecule has 0 saturated heterocycles. The molecule has 0 aliphatic carbocycles. The summed E-state index contributed by atoms with van der Waals surface area (Å²) in [6, 6.07) is 6.62. The lowest BCUT2D eigenvalue weighted by atomic mass is 10.2. The van der Waals surface area contributed by atoms with Crippen molar-refractivity contribution in [3.8, 4) is 11.8 Å². The quantitative estimate of drug-likeness (QED) is 0.577. The first-order valence-corrected chi connectivity index (χ1v) is 4.90. The number of rotatable bonds is 4. The molecule has 16 heavy (non-hydrogen) atoms. The van der Waals surface area contributed by atoms with E-state index in [1.165, 1.54) is 6.07 Å². The van der Waals surface area contributed by atoms with Gasteiger partial charge in [0.2, 0.25) is 5.75 Å². The maximum absolute atomic E-state index is 10.8. The third kappa shape index (κ3) is 2.48. The monoisotopic (exact) mass is 220 g/mol. The summed E-state index contributed by atoms with van der Waals surface area (Å²) in [5.74, 6) is 0.181. The smallest absolute Gasteiger partial charge is 0.311 e. The fourth-order valence-electron chi connectivity index (χ4n) is 1.28. The van der Waals surface area contributed by atoms with E-state index in [1.807, 2.05) is 6.07 Å². The Morgan fingerprint density at radius 3 is 2.81 bits per heavy atom. The van der Waals surface area contributed by atoms with Crippen LogP contribution in [0.25, 0.3) is 0 Å². The topological polar surface area (TPSA) is 76.2 Å². The predicted molar refractivity (Wildman–Crippen MR) is 58.2 cm³/mol. The van der Waals surface area contributed by atoms with Crippen molar-refractivity contribution in [3.05, 3.63) is 33.9 Å². The highest BCUT2D eigenvalue weighted by Crippen LogP contribution is 2.31. The first-order chi connectivity index (χ1) is 7.60. The SMILES string of the molecule is CCC(C#N)Oc1c(C)cccc1[N+](=O)[O-]. The molecule has 1 rings (SSSR count). The molecule has 0 N–H and O–H groups in total. The summed E-state index contributed by atoms with van der Waals surface area (Å²) in [5, 5.41) is 19.5. The van der Waals surface area contributed by atoms with E-state index in [4.69, 9.17) is 10.00 Å². The molecule has 0 saturated carbocycles. The fourth-order valence-corrected chi connectivity index (χ4v) is 1.28. The Kier molecular flexibility index (Phi) is 3.84. The van der Waals surface area contributed by atoms with E-state index >= 15 is 0 Å². The summed E-state index contributed by atoms with van der Waals surface area (Å²) in [6.07, 6.45) is -0.165. The van der Waals surface area contributed by atoms with Crippen molar-refractivity contribution in [1.29, 1.82) is 5.26 Å². The van der Waals surface area contributed by atoms with Gasteiger partial charge in [0, 0.05) is 6.07 Å². The van der Waals surface area contributed by atoms with Gasteiger partial charge in [0.1, 0.15) is 6.07 Å². The van der Waals surface area contributed by atoms with Crippen molar-refractivity contribution in [2.24, 2.45) is 0 Å². The van der Waals surface area contributed by atoms with Crippen molar-refractivity contribution in [2.45, 2.75) is 26.4 Å². The highest BCUT2D eigenvalue weighted by atomic mass is 16.6. The number of hydrogen-bond donors (Lipinski definition) is 0. The Bertz CT molecular complexity index is 437. The predicted octanol–water partition coefficient (Wildman–Crippen LogP) is 2.58. The Morgan fingerprint density at radius 2 is 2.31 bits per heavy atom. The van der Waals surface area contributed by atoms with Crippen LogP contribution >= 0.6 is 0 Å². The molecule has 0 aromatic heterocycles. The maximum atomic E-state index is 10.8. The van der Waals surface area contributed by atoms with Crippen molar-refractivity contribution >= 4 is 5.69 Å². The Labute approximate surface area is 93.4 Å². The minimum Gasteiger partial charge on any atom is -0.468 e. The summed E-state index contributed by atoms with van der Waals surface area (Å²) < 4.78 is 5.33. The molecular formula is C11H12N2O3. The summed E-state index contributed by atoms with van der Waals surface area (Å²) in [5.41, 5.74) is 0.552. The maximum Gasteiger partial charge on any atom is 0.311 e. The van der Waals surface area contributed by atoms with E-state index in [1.54, 1.807) is 26.0 Å². The Morgan fingerprint density at radius 1 is 1.62 bits per heavy atom. The first kappa shape index (κ1) is 12.0. The molecule has 0 aliphatic heterocycles. The number of para-hydroxylation sites is 1. The van der Waals surface area contributed by atoms with Crippen LogP contribution in [0.2, 0.25) is 0 Å². The van der Waals surface area contributed by atoms with Crippen LogP contribution in [0.1, 0.15) is 18.9 Å². The van der Waals surface area contributed by atoms with Crippen LogP contribution < -0.4 is 4.74 Å². The van der Waals surface area contributed by atoms with Gasteiger partial charge in [-0.15, -0.1) is 0 Å². The third-order valence-corrected chi connectivity index (χ3v) is 2.16. The zero-order valence-electron chi connectivity index (χ0n) is 9.14. The van der Waals surface area contributed by atoms with Crippen LogP contribution in [-0.2, 0) is 0 Å². The van der Waals surface area contributed by atoms with Crippen molar-refractivity contribution in [1.82, 2.24) is 0 Å². The average Bonchev–Trinajstić information content (AvgIpc) is 2.27. The lowest BCUT2D eigenvalue weighted by Gasteiger charge is -2.12. The van der Waals surface area contributed by atoms with Crippen LogP contribution in [0.5, 0.6) is 5.75 Å². The molecule has 0 radical (unpaired) electrons. The van der Waals surface area contributed by atoms with Gasteiger partial charge in [-0.25, -0.2) is 0 Å². The second kappa shape index (κ2) is 5.12. The molecule has 84 valence electrons. The van der Waals surface area contributed by atoms with E-state index in [9.17, 15) is 10.1 Å². The molecule has 0 amide bonds. The van der Waals surface area contributed by atoms with Crippen molar-refractivity contribution in [3.63, 3.8) is 0 Å². The molecular weight excluding hydrogens is 208 g/mol. The summed E-state index contributed by atoms with van der Waals surface area (Å²) in [6.45, 7) is 3.50. The van der Waals surface area contributed by atoms with E-state index < -0.39 is 11.0 Å². The molecule has 0 aliphatic rings. The highest BCUT2D eigenvalue weighted by molar-refractivity contribution is 5.51. The number of ether oxygens (including phenoxy) is 1. The van der Waals surface area contributed by atoms with Crippen molar-refractivity contribution < 1.29 is 9.66 Å². The Hall–Kier alpha value is -2.09. The summed E-state index contributed by atoms with van der Waals surface area (Å²) in [4.78, 5) is 10.3.